The third-order valence-electron chi connectivity index (χ3n) is 3.75. The van der Waals surface area contributed by atoms with E-state index in [1.54, 1.807) is 13.8 Å². The van der Waals surface area contributed by atoms with Gasteiger partial charge in [-0.2, -0.15) is 13.2 Å². The fourth-order valence-electron chi connectivity index (χ4n) is 2.72. The molecule has 2 unspecified atom stereocenters. The molecule has 2 atom stereocenters. The van der Waals surface area contributed by atoms with Gasteiger partial charge in [0.2, 0.25) is 0 Å². The smallest absolute Gasteiger partial charge is 0.416 e. The molecular weight excluding hydrogens is 264 g/mol. The molecule has 1 fully saturated rings. The normalized spacial score (nSPS) is 25.2. The molecule has 0 aliphatic heterocycles. The Morgan fingerprint density at radius 2 is 1.89 bits per heavy atom. The summed E-state index contributed by atoms with van der Waals surface area (Å²) in [6.45, 7) is 3.19. The maximum atomic E-state index is 13.0. The zero-order chi connectivity index (χ0) is 14.6. The number of rotatable bonds is 2. The van der Waals surface area contributed by atoms with Crippen LogP contribution in [0.5, 0.6) is 0 Å². The minimum Gasteiger partial charge on any atom is -0.481 e. The lowest BCUT2D eigenvalue weighted by Gasteiger charge is -2.13. The van der Waals surface area contributed by atoms with Crippen LogP contribution in [0.15, 0.2) is 18.2 Å². The molecule has 0 bridgehead atoms. The summed E-state index contributed by atoms with van der Waals surface area (Å²) in [4.78, 5) is 11.0. The van der Waals surface area contributed by atoms with Crippen molar-refractivity contribution in [3.05, 3.63) is 35.1 Å². The molecule has 0 amide bonds. The third-order valence-corrected chi connectivity index (χ3v) is 3.75. The summed E-state index contributed by atoms with van der Waals surface area (Å²) in [5, 5.41) is 9.01. The van der Waals surface area contributed by atoms with Gasteiger partial charge in [-0.3, -0.25) is 4.79 Å². The van der Waals surface area contributed by atoms with Crippen LogP contribution in [0.1, 0.15) is 30.9 Å². The second-order valence-corrected chi connectivity index (χ2v) is 5.34. The molecule has 6 heteroatoms. The highest BCUT2D eigenvalue weighted by molar-refractivity contribution is 5.77. The molecule has 1 aromatic rings. The number of benzene rings is 1. The maximum absolute atomic E-state index is 13.0. The van der Waals surface area contributed by atoms with Crippen LogP contribution in [0.25, 0.3) is 0 Å². The predicted octanol–water partition coefficient (Wildman–Crippen LogP) is 3.67. The van der Waals surface area contributed by atoms with Gasteiger partial charge in [0.15, 0.2) is 0 Å². The number of hydrogen-bond donors (Lipinski definition) is 1. The molecule has 104 valence electrons. The van der Waals surface area contributed by atoms with Gasteiger partial charge in [-0.05, 0) is 23.1 Å². The fraction of sp³-hybridized carbons (Fsp3) is 0.462. The first-order chi connectivity index (χ1) is 8.56. The number of alkyl halides is 3. The lowest BCUT2D eigenvalue weighted by Crippen LogP contribution is -2.10. The third kappa shape index (κ3) is 2.19. The Labute approximate surface area is 107 Å². The Morgan fingerprint density at radius 1 is 1.32 bits per heavy atom. The van der Waals surface area contributed by atoms with Gasteiger partial charge < -0.3 is 5.11 Å². The number of halogens is 4. The lowest BCUT2D eigenvalue weighted by atomic mass is 9.97. The molecule has 0 saturated heterocycles. The van der Waals surface area contributed by atoms with Crippen molar-refractivity contribution in [3.63, 3.8) is 0 Å². The van der Waals surface area contributed by atoms with Crippen LogP contribution < -0.4 is 0 Å². The molecule has 0 spiro atoms. The Kier molecular flexibility index (Phi) is 2.88. The second kappa shape index (κ2) is 3.95. The molecule has 1 aliphatic rings. The topological polar surface area (TPSA) is 37.3 Å². The van der Waals surface area contributed by atoms with E-state index in [9.17, 15) is 22.4 Å². The van der Waals surface area contributed by atoms with E-state index in [1.165, 1.54) is 0 Å². The molecule has 0 heterocycles. The van der Waals surface area contributed by atoms with E-state index < -0.39 is 40.8 Å². The van der Waals surface area contributed by atoms with Gasteiger partial charge in [0.1, 0.15) is 5.82 Å². The van der Waals surface area contributed by atoms with Crippen molar-refractivity contribution >= 4 is 5.97 Å². The van der Waals surface area contributed by atoms with E-state index in [0.29, 0.717) is 6.07 Å². The number of carbonyl (C=O) groups is 1. The van der Waals surface area contributed by atoms with Crippen molar-refractivity contribution in [2.75, 3.05) is 0 Å². The maximum Gasteiger partial charge on any atom is 0.416 e. The highest BCUT2D eigenvalue weighted by atomic mass is 19.4. The summed E-state index contributed by atoms with van der Waals surface area (Å²) >= 11 is 0. The number of carboxylic acid groups (broad SMARTS) is 1. The summed E-state index contributed by atoms with van der Waals surface area (Å²) in [5.41, 5.74) is -2.00. The van der Waals surface area contributed by atoms with Crippen LogP contribution in [0, 0.1) is 17.2 Å². The summed E-state index contributed by atoms with van der Waals surface area (Å²) in [7, 11) is 0. The van der Waals surface area contributed by atoms with Gasteiger partial charge in [0, 0.05) is 5.92 Å². The average Bonchev–Trinajstić information content (AvgIpc) is 2.80. The average molecular weight is 276 g/mol. The van der Waals surface area contributed by atoms with Crippen LogP contribution in [0.2, 0.25) is 0 Å². The number of carboxylic acids is 1. The minimum absolute atomic E-state index is 0.147. The zero-order valence-electron chi connectivity index (χ0n) is 10.3. The Bertz CT molecular complexity index is 534. The van der Waals surface area contributed by atoms with Crippen molar-refractivity contribution in [1.82, 2.24) is 0 Å². The predicted molar refractivity (Wildman–Crippen MR) is 59.0 cm³/mol. The monoisotopic (exact) mass is 276 g/mol. The van der Waals surface area contributed by atoms with Gasteiger partial charge in [-0.15, -0.1) is 0 Å². The Hall–Kier alpha value is -1.59. The highest BCUT2D eigenvalue weighted by Crippen LogP contribution is 2.65. The second-order valence-electron chi connectivity index (χ2n) is 5.34. The van der Waals surface area contributed by atoms with E-state index >= 15 is 0 Å². The SMILES string of the molecule is CC1(C)C(C(=O)O)C1c1ccc(F)cc1C(F)(F)F. The van der Waals surface area contributed by atoms with Crippen molar-refractivity contribution in [1.29, 1.82) is 0 Å². The van der Waals surface area contributed by atoms with E-state index in [0.717, 1.165) is 12.1 Å². The first-order valence-corrected chi connectivity index (χ1v) is 5.66. The molecule has 1 aromatic carbocycles. The van der Waals surface area contributed by atoms with Crippen LogP contribution in [0.3, 0.4) is 0 Å². The van der Waals surface area contributed by atoms with Gasteiger partial charge in [0.05, 0.1) is 11.5 Å². The summed E-state index contributed by atoms with van der Waals surface area (Å²) in [5.74, 6) is -3.74. The zero-order valence-corrected chi connectivity index (χ0v) is 10.3. The molecular formula is C13H12F4O2. The molecule has 2 rings (SSSR count). The highest BCUT2D eigenvalue weighted by Gasteiger charge is 2.64. The molecule has 1 N–H and O–H groups in total. The number of aliphatic carboxylic acids is 1. The molecule has 0 radical (unpaired) electrons. The summed E-state index contributed by atoms with van der Waals surface area (Å²) in [6.07, 6.45) is -4.70. The number of hydrogen-bond acceptors (Lipinski definition) is 1. The quantitative estimate of drug-likeness (QED) is 0.837. The Morgan fingerprint density at radius 3 is 2.32 bits per heavy atom. The molecule has 1 saturated carbocycles. The summed E-state index contributed by atoms with van der Waals surface area (Å²) in [6, 6.07) is 2.38. The lowest BCUT2D eigenvalue weighted by molar-refractivity contribution is -0.140. The molecule has 1 aliphatic carbocycles. The van der Waals surface area contributed by atoms with Crippen molar-refractivity contribution in [2.45, 2.75) is 25.9 Å². The Balaban J connectivity index is 2.51. The van der Waals surface area contributed by atoms with Crippen molar-refractivity contribution < 1.29 is 27.5 Å². The van der Waals surface area contributed by atoms with Gasteiger partial charge in [0.25, 0.3) is 0 Å². The van der Waals surface area contributed by atoms with E-state index in [-0.39, 0.29) is 5.56 Å². The largest absolute Gasteiger partial charge is 0.481 e. The van der Waals surface area contributed by atoms with Gasteiger partial charge in [-0.25, -0.2) is 4.39 Å². The van der Waals surface area contributed by atoms with E-state index in [4.69, 9.17) is 5.11 Å². The van der Waals surface area contributed by atoms with Crippen molar-refractivity contribution in [3.8, 4) is 0 Å². The van der Waals surface area contributed by atoms with E-state index in [2.05, 4.69) is 0 Å². The van der Waals surface area contributed by atoms with E-state index in [1.807, 2.05) is 0 Å². The standard InChI is InChI=1S/C13H12F4O2/c1-12(2)9(10(12)11(18)19)7-4-3-6(14)5-8(7)13(15,16)17/h3-5,9-10H,1-2H3,(H,18,19). The van der Waals surface area contributed by atoms with Crippen LogP contribution in [0.4, 0.5) is 17.6 Å². The fourth-order valence-corrected chi connectivity index (χ4v) is 2.72. The van der Waals surface area contributed by atoms with Gasteiger partial charge >= 0.3 is 12.1 Å². The van der Waals surface area contributed by atoms with Gasteiger partial charge in [-0.1, -0.05) is 19.9 Å². The molecule has 19 heavy (non-hydrogen) atoms. The first kappa shape index (κ1) is 13.8. The summed E-state index contributed by atoms with van der Waals surface area (Å²) < 4.78 is 51.6. The first-order valence-electron chi connectivity index (χ1n) is 5.66. The van der Waals surface area contributed by atoms with Crippen LogP contribution in [-0.4, -0.2) is 11.1 Å². The molecule has 2 nitrogen and oxygen atoms in total. The minimum atomic E-state index is -4.70. The molecule has 0 aromatic heterocycles. The van der Waals surface area contributed by atoms with Crippen molar-refractivity contribution in [2.24, 2.45) is 11.3 Å². The van der Waals surface area contributed by atoms with Crippen LogP contribution >= 0.6 is 0 Å². The van der Waals surface area contributed by atoms with Crippen LogP contribution in [-0.2, 0) is 11.0 Å².